The first kappa shape index (κ1) is 26.6. The number of aromatic amines is 1. The van der Waals surface area contributed by atoms with E-state index in [9.17, 15) is 32.3 Å². The Kier molecular flexibility index (Phi) is 7.62. The van der Waals surface area contributed by atoms with Gasteiger partial charge < -0.3 is 24.8 Å². The first-order valence-corrected chi connectivity index (χ1v) is 12.6. The highest BCUT2D eigenvalue weighted by atomic mass is 32.2. The maximum atomic E-state index is 13.8. The van der Waals surface area contributed by atoms with Crippen LogP contribution in [-0.2, 0) is 16.4 Å². The number of carbonyl (C=O) groups excluding carboxylic acids is 2. The number of benzene rings is 1. The quantitative estimate of drug-likeness (QED) is 0.480. The summed E-state index contributed by atoms with van der Waals surface area (Å²) < 4.78 is 38.4. The molecule has 13 heteroatoms. The van der Waals surface area contributed by atoms with Crippen LogP contribution in [0.4, 0.5) is 9.18 Å². The minimum absolute atomic E-state index is 0.00101. The molecule has 0 aliphatic heterocycles. The largest absolute Gasteiger partial charge is 0.505 e. The van der Waals surface area contributed by atoms with Gasteiger partial charge in [0.15, 0.2) is 15.6 Å². The number of carbonyl (C=O) groups is 2. The van der Waals surface area contributed by atoms with Crippen molar-refractivity contribution in [2.24, 2.45) is 0 Å². The van der Waals surface area contributed by atoms with E-state index in [4.69, 9.17) is 0 Å². The Morgan fingerprint density at radius 2 is 1.83 bits per heavy atom. The van der Waals surface area contributed by atoms with Crippen molar-refractivity contribution in [3.05, 3.63) is 63.8 Å². The summed E-state index contributed by atoms with van der Waals surface area (Å²) in [5.74, 6) is -2.33. The molecule has 2 heterocycles. The number of hydrogen-bond acceptors (Lipinski definition) is 7. The maximum absolute atomic E-state index is 13.8. The van der Waals surface area contributed by atoms with Crippen LogP contribution in [0.25, 0.3) is 11.0 Å². The highest BCUT2D eigenvalue weighted by molar-refractivity contribution is 7.90. The lowest BCUT2D eigenvalue weighted by Crippen LogP contribution is -2.43. The fraction of sp³-hybridized carbons (Fsp3) is 0.304. The lowest BCUT2D eigenvalue weighted by Gasteiger charge is -2.28. The van der Waals surface area contributed by atoms with Gasteiger partial charge in [-0.15, -0.1) is 0 Å². The monoisotopic (exact) mass is 519 g/mol. The topological polar surface area (TPSA) is 144 Å². The van der Waals surface area contributed by atoms with Gasteiger partial charge in [-0.3, -0.25) is 14.6 Å². The highest BCUT2D eigenvalue weighted by Gasteiger charge is 2.27. The van der Waals surface area contributed by atoms with Gasteiger partial charge in [-0.2, -0.15) is 0 Å². The number of halogens is 1. The number of hydrogen-bond donors (Lipinski definition) is 2. The van der Waals surface area contributed by atoms with E-state index >= 15 is 0 Å². The number of nitrogens with one attached hydrogen (secondary N) is 1. The molecule has 0 aliphatic rings. The van der Waals surface area contributed by atoms with Gasteiger partial charge in [0.25, 0.3) is 11.5 Å². The molecule has 192 valence electrons. The van der Waals surface area contributed by atoms with Crippen molar-refractivity contribution in [3.63, 3.8) is 0 Å². The summed E-state index contributed by atoms with van der Waals surface area (Å²) in [5, 5.41) is 10.7. The number of amides is 3. The number of sulfone groups is 1. The van der Waals surface area contributed by atoms with Gasteiger partial charge in [-0.05, 0) is 29.8 Å². The van der Waals surface area contributed by atoms with Gasteiger partial charge in [-0.25, -0.2) is 17.6 Å². The molecule has 2 aromatic heterocycles. The predicted molar refractivity (Wildman–Crippen MR) is 130 cm³/mol. The van der Waals surface area contributed by atoms with Crippen LogP contribution in [-0.4, -0.2) is 90.6 Å². The van der Waals surface area contributed by atoms with Crippen molar-refractivity contribution in [1.82, 2.24) is 24.7 Å². The van der Waals surface area contributed by atoms with Gasteiger partial charge in [0, 0.05) is 53.2 Å². The molecule has 36 heavy (non-hydrogen) atoms. The summed E-state index contributed by atoms with van der Waals surface area (Å²) in [6.07, 6.45) is 2.29. The van der Waals surface area contributed by atoms with Gasteiger partial charge in [0.2, 0.25) is 0 Å². The second-order valence-corrected chi connectivity index (χ2v) is 10.4. The molecular formula is C23H26FN5O6S. The Bertz CT molecular complexity index is 1490. The number of pyridine rings is 2. The normalized spacial score (nSPS) is 11.4. The van der Waals surface area contributed by atoms with Crippen LogP contribution in [0, 0.1) is 5.82 Å². The van der Waals surface area contributed by atoms with E-state index in [0.717, 1.165) is 23.3 Å². The standard InChI is InChI=1S/C23H26FN5O6S/c1-27(2)23(33)28(3)10-11-29(13-14-7-8-15(24)12-17(14)36(4,34)35)22(32)18-20(30)19-16(26-21(18)31)6-5-9-25-19/h5-9,12H,10-11,13H2,1-4H3,(H2,26,30,31). The summed E-state index contributed by atoms with van der Waals surface area (Å²) in [4.78, 5) is 48.5. The molecule has 2 N–H and O–H groups in total. The van der Waals surface area contributed by atoms with E-state index in [2.05, 4.69) is 9.97 Å². The van der Waals surface area contributed by atoms with E-state index in [1.54, 1.807) is 20.2 Å². The molecule has 11 nitrogen and oxygen atoms in total. The van der Waals surface area contributed by atoms with E-state index in [0.29, 0.717) is 0 Å². The molecule has 0 aliphatic carbocycles. The first-order valence-electron chi connectivity index (χ1n) is 10.7. The molecule has 0 saturated carbocycles. The second kappa shape index (κ2) is 10.3. The average molecular weight is 520 g/mol. The zero-order valence-corrected chi connectivity index (χ0v) is 21.0. The summed E-state index contributed by atoms with van der Waals surface area (Å²) in [6, 6.07) is 5.83. The number of aromatic hydroxyl groups is 1. The van der Waals surface area contributed by atoms with Crippen LogP contribution in [0.5, 0.6) is 5.75 Å². The third-order valence-electron chi connectivity index (χ3n) is 5.45. The summed E-state index contributed by atoms with van der Waals surface area (Å²) in [6.45, 7) is -0.456. The molecular weight excluding hydrogens is 493 g/mol. The number of H-pyrrole nitrogens is 1. The van der Waals surface area contributed by atoms with Crippen molar-refractivity contribution in [2.75, 3.05) is 40.5 Å². The molecule has 0 saturated heterocycles. The van der Waals surface area contributed by atoms with Crippen LogP contribution in [0.3, 0.4) is 0 Å². The molecule has 3 aromatic rings. The second-order valence-electron chi connectivity index (χ2n) is 8.43. The number of likely N-dealkylation sites (N-methyl/N-ethyl adjacent to an activating group) is 1. The molecule has 0 spiro atoms. The third-order valence-corrected chi connectivity index (χ3v) is 6.63. The number of nitrogens with zero attached hydrogens (tertiary/aromatic N) is 4. The summed E-state index contributed by atoms with van der Waals surface area (Å²) >= 11 is 0. The minimum atomic E-state index is -3.87. The van der Waals surface area contributed by atoms with Crippen molar-refractivity contribution in [1.29, 1.82) is 0 Å². The molecule has 3 amide bonds. The maximum Gasteiger partial charge on any atom is 0.319 e. The van der Waals surface area contributed by atoms with Gasteiger partial charge in [-0.1, -0.05) is 6.07 Å². The van der Waals surface area contributed by atoms with E-state index in [1.165, 1.54) is 35.2 Å². The number of rotatable bonds is 7. The van der Waals surface area contributed by atoms with E-state index in [1.807, 2.05) is 0 Å². The smallest absolute Gasteiger partial charge is 0.319 e. The van der Waals surface area contributed by atoms with E-state index in [-0.39, 0.29) is 47.2 Å². The molecule has 1 aromatic carbocycles. The molecule has 0 bridgehead atoms. The number of fused-ring (bicyclic) bond motifs is 1. The molecule has 0 radical (unpaired) electrons. The molecule has 0 fully saturated rings. The molecule has 0 atom stereocenters. The van der Waals surface area contributed by atoms with Gasteiger partial charge in [0.05, 0.1) is 10.4 Å². The number of aromatic nitrogens is 2. The van der Waals surface area contributed by atoms with Gasteiger partial charge in [0.1, 0.15) is 16.9 Å². The van der Waals surface area contributed by atoms with Crippen LogP contribution >= 0.6 is 0 Å². The summed E-state index contributed by atoms with van der Waals surface area (Å²) in [5.41, 5.74) is -1.14. The van der Waals surface area contributed by atoms with Crippen LogP contribution in [0.15, 0.2) is 46.2 Å². The van der Waals surface area contributed by atoms with Crippen molar-refractivity contribution < 1.29 is 27.5 Å². The van der Waals surface area contributed by atoms with Crippen LogP contribution in [0.1, 0.15) is 15.9 Å². The SMILES string of the molecule is CN(C)C(=O)N(C)CCN(Cc1ccc(F)cc1S(C)(=O)=O)C(=O)c1c(O)c2ncccc2[nH]c1=O. The fourth-order valence-corrected chi connectivity index (χ4v) is 4.57. The Morgan fingerprint density at radius 1 is 1.14 bits per heavy atom. The Balaban J connectivity index is 2.07. The summed E-state index contributed by atoms with van der Waals surface area (Å²) in [7, 11) is 0.747. The molecule has 0 unspecified atom stereocenters. The first-order chi connectivity index (χ1) is 16.8. The predicted octanol–water partition coefficient (Wildman–Crippen LogP) is 1.43. The third kappa shape index (κ3) is 5.62. The van der Waals surface area contributed by atoms with Crippen molar-refractivity contribution in [3.8, 4) is 5.75 Å². The minimum Gasteiger partial charge on any atom is -0.505 e. The van der Waals surface area contributed by atoms with Crippen LogP contribution < -0.4 is 5.56 Å². The number of urea groups is 1. The van der Waals surface area contributed by atoms with Crippen LogP contribution in [0.2, 0.25) is 0 Å². The zero-order chi connectivity index (χ0) is 26.8. The van der Waals surface area contributed by atoms with Crippen molar-refractivity contribution >= 4 is 32.8 Å². The highest BCUT2D eigenvalue weighted by Crippen LogP contribution is 2.25. The zero-order valence-electron chi connectivity index (χ0n) is 20.1. The Labute approximate surface area is 206 Å². The lowest BCUT2D eigenvalue weighted by molar-refractivity contribution is 0.0722. The van der Waals surface area contributed by atoms with Crippen molar-refractivity contribution in [2.45, 2.75) is 11.4 Å². The Hall–Kier alpha value is -4.00. The fourth-order valence-electron chi connectivity index (χ4n) is 3.63. The average Bonchev–Trinajstić information content (AvgIpc) is 2.81. The van der Waals surface area contributed by atoms with E-state index < -0.39 is 38.4 Å². The van der Waals surface area contributed by atoms with Gasteiger partial charge >= 0.3 is 6.03 Å². The molecule has 3 rings (SSSR count). The Morgan fingerprint density at radius 3 is 2.47 bits per heavy atom. The lowest BCUT2D eigenvalue weighted by atomic mass is 10.1.